The summed E-state index contributed by atoms with van der Waals surface area (Å²) in [6, 6.07) is 6.16. The molecule has 2 nitrogen and oxygen atoms in total. The van der Waals surface area contributed by atoms with Crippen molar-refractivity contribution >= 4 is 11.6 Å². The maximum absolute atomic E-state index is 6.26. The Morgan fingerprint density at radius 3 is 2.94 bits per heavy atom. The third-order valence-corrected chi connectivity index (χ3v) is 3.74. The van der Waals surface area contributed by atoms with Crippen molar-refractivity contribution in [1.29, 1.82) is 0 Å². The predicted octanol–water partition coefficient (Wildman–Crippen LogP) is 3.59. The molecule has 0 radical (unpaired) electrons. The highest BCUT2D eigenvalue weighted by atomic mass is 35.5. The van der Waals surface area contributed by atoms with Crippen molar-refractivity contribution in [3.05, 3.63) is 28.8 Å². The minimum atomic E-state index is 0.266. The Kier molecular flexibility index (Phi) is 4.30. The molecule has 3 heteroatoms. The smallest absolute Gasteiger partial charge is 0.138 e. The van der Waals surface area contributed by atoms with Gasteiger partial charge in [0.25, 0.3) is 0 Å². The third-order valence-electron chi connectivity index (χ3n) is 3.45. The zero-order valence-electron chi connectivity index (χ0n) is 10.5. The first-order valence-corrected chi connectivity index (χ1v) is 6.75. The molecule has 0 unspecified atom stereocenters. The van der Waals surface area contributed by atoms with Crippen molar-refractivity contribution in [2.75, 3.05) is 13.1 Å². The predicted molar refractivity (Wildman–Crippen MR) is 72.1 cm³/mol. The van der Waals surface area contributed by atoms with Crippen LogP contribution in [0.25, 0.3) is 0 Å². The topological polar surface area (TPSA) is 21.3 Å². The quantitative estimate of drug-likeness (QED) is 0.885. The second-order valence-electron chi connectivity index (χ2n) is 4.73. The van der Waals surface area contributed by atoms with Gasteiger partial charge >= 0.3 is 0 Å². The first kappa shape index (κ1) is 12.7. The third kappa shape index (κ3) is 3.14. The van der Waals surface area contributed by atoms with E-state index in [1.165, 1.54) is 5.56 Å². The molecule has 17 heavy (non-hydrogen) atoms. The van der Waals surface area contributed by atoms with Crippen molar-refractivity contribution in [3.8, 4) is 5.75 Å². The van der Waals surface area contributed by atoms with Crippen LogP contribution < -0.4 is 10.1 Å². The molecular weight excluding hydrogens is 234 g/mol. The van der Waals surface area contributed by atoms with Gasteiger partial charge in [-0.25, -0.2) is 0 Å². The molecule has 1 aliphatic rings. The molecule has 1 saturated heterocycles. The molecule has 1 heterocycles. The highest BCUT2D eigenvalue weighted by Crippen LogP contribution is 2.30. The number of hydrogen-bond acceptors (Lipinski definition) is 2. The summed E-state index contributed by atoms with van der Waals surface area (Å²) in [5, 5.41) is 4.01. The second kappa shape index (κ2) is 5.74. The zero-order chi connectivity index (χ0) is 12.3. The van der Waals surface area contributed by atoms with E-state index in [1.54, 1.807) is 0 Å². The molecule has 0 aromatic heterocycles. The summed E-state index contributed by atoms with van der Waals surface area (Å²) in [5.41, 5.74) is 1.29. The van der Waals surface area contributed by atoms with Gasteiger partial charge in [0.15, 0.2) is 0 Å². The van der Waals surface area contributed by atoms with Gasteiger partial charge in [-0.3, -0.25) is 0 Å². The standard InChI is InChI=1S/C14H20ClNO/c1-3-10(2)11-4-5-14(13(15)8-11)17-12-6-7-16-9-12/h4-5,8,10,12,16H,3,6-7,9H2,1-2H3/t10-,12+/m0/s1. The summed E-state index contributed by atoms with van der Waals surface area (Å²) < 4.78 is 5.88. The van der Waals surface area contributed by atoms with Crippen LogP contribution in [0.15, 0.2) is 18.2 Å². The van der Waals surface area contributed by atoms with Crippen LogP contribution in [0.3, 0.4) is 0 Å². The van der Waals surface area contributed by atoms with Crippen LogP contribution >= 0.6 is 11.6 Å². The first-order valence-electron chi connectivity index (χ1n) is 6.37. The number of halogens is 1. The average molecular weight is 254 g/mol. The summed E-state index contributed by atoms with van der Waals surface area (Å²) >= 11 is 6.26. The molecule has 0 amide bonds. The van der Waals surface area contributed by atoms with E-state index in [1.807, 2.05) is 12.1 Å². The van der Waals surface area contributed by atoms with Gasteiger partial charge in [-0.1, -0.05) is 31.5 Å². The lowest BCUT2D eigenvalue weighted by Gasteiger charge is -2.16. The lowest BCUT2D eigenvalue weighted by molar-refractivity contribution is 0.223. The van der Waals surface area contributed by atoms with E-state index in [0.717, 1.165) is 36.7 Å². The van der Waals surface area contributed by atoms with Crippen LogP contribution in [0.1, 0.15) is 38.2 Å². The van der Waals surface area contributed by atoms with E-state index in [9.17, 15) is 0 Å². The summed E-state index contributed by atoms with van der Waals surface area (Å²) in [6.45, 7) is 6.36. The van der Waals surface area contributed by atoms with E-state index in [4.69, 9.17) is 16.3 Å². The largest absolute Gasteiger partial charge is 0.487 e. The van der Waals surface area contributed by atoms with E-state index in [-0.39, 0.29) is 6.10 Å². The Labute approximate surface area is 108 Å². The van der Waals surface area contributed by atoms with Crippen LogP contribution in [-0.4, -0.2) is 19.2 Å². The fourth-order valence-electron chi connectivity index (χ4n) is 2.06. The molecule has 94 valence electrons. The first-order chi connectivity index (χ1) is 8.20. The van der Waals surface area contributed by atoms with Gasteiger partial charge in [-0.2, -0.15) is 0 Å². The number of benzene rings is 1. The molecule has 0 saturated carbocycles. The highest BCUT2D eigenvalue weighted by molar-refractivity contribution is 6.32. The van der Waals surface area contributed by atoms with E-state index >= 15 is 0 Å². The number of ether oxygens (including phenoxy) is 1. The fourth-order valence-corrected chi connectivity index (χ4v) is 2.30. The molecule has 1 aromatic carbocycles. The summed E-state index contributed by atoms with van der Waals surface area (Å²) in [4.78, 5) is 0. The Bertz CT molecular complexity index is 374. The number of hydrogen-bond donors (Lipinski definition) is 1. The van der Waals surface area contributed by atoms with E-state index in [0.29, 0.717) is 5.92 Å². The number of nitrogens with one attached hydrogen (secondary N) is 1. The van der Waals surface area contributed by atoms with Crippen LogP contribution in [0.2, 0.25) is 5.02 Å². The van der Waals surface area contributed by atoms with Gasteiger partial charge < -0.3 is 10.1 Å². The Balaban J connectivity index is 2.08. The molecule has 1 N–H and O–H groups in total. The Hall–Kier alpha value is -0.730. The van der Waals surface area contributed by atoms with Gasteiger partial charge in [0.1, 0.15) is 11.9 Å². The monoisotopic (exact) mass is 253 g/mol. The normalized spacial score (nSPS) is 21.5. The average Bonchev–Trinajstić information content (AvgIpc) is 2.83. The van der Waals surface area contributed by atoms with Gasteiger partial charge in [0, 0.05) is 6.54 Å². The maximum atomic E-state index is 6.26. The molecule has 2 atom stereocenters. The minimum Gasteiger partial charge on any atom is -0.487 e. The minimum absolute atomic E-state index is 0.266. The lowest BCUT2D eigenvalue weighted by Crippen LogP contribution is -2.19. The second-order valence-corrected chi connectivity index (χ2v) is 5.14. The van der Waals surface area contributed by atoms with Gasteiger partial charge in [0.05, 0.1) is 5.02 Å². The Morgan fingerprint density at radius 2 is 2.35 bits per heavy atom. The van der Waals surface area contributed by atoms with Gasteiger partial charge in [-0.15, -0.1) is 0 Å². The SMILES string of the molecule is CC[C@H](C)c1ccc(O[C@@H]2CCNC2)c(Cl)c1. The molecule has 1 aliphatic heterocycles. The van der Waals surface area contributed by atoms with Crippen molar-refractivity contribution in [2.45, 2.75) is 38.7 Å². The molecule has 1 aromatic rings. The highest BCUT2D eigenvalue weighted by Gasteiger charge is 2.17. The van der Waals surface area contributed by atoms with E-state index < -0.39 is 0 Å². The van der Waals surface area contributed by atoms with Gasteiger partial charge in [-0.05, 0) is 43.0 Å². The van der Waals surface area contributed by atoms with Gasteiger partial charge in [0.2, 0.25) is 0 Å². The zero-order valence-corrected chi connectivity index (χ0v) is 11.3. The van der Waals surface area contributed by atoms with Crippen LogP contribution in [-0.2, 0) is 0 Å². The Morgan fingerprint density at radius 1 is 1.53 bits per heavy atom. The van der Waals surface area contributed by atoms with Crippen molar-refractivity contribution in [3.63, 3.8) is 0 Å². The van der Waals surface area contributed by atoms with Crippen LogP contribution in [0.5, 0.6) is 5.75 Å². The molecule has 0 aliphatic carbocycles. The van der Waals surface area contributed by atoms with Crippen molar-refractivity contribution in [1.82, 2.24) is 5.32 Å². The van der Waals surface area contributed by atoms with E-state index in [2.05, 4.69) is 25.2 Å². The summed E-state index contributed by atoms with van der Waals surface area (Å²) in [6.07, 6.45) is 2.45. The maximum Gasteiger partial charge on any atom is 0.138 e. The fraction of sp³-hybridized carbons (Fsp3) is 0.571. The molecule has 0 spiro atoms. The van der Waals surface area contributed by atoms with Crippen molar-refractivity contribution < 1.29 is 4.74 Å². The number of rotatable bonds is 4. The van der Waals surface area contributed by atoms with Crippen LogP contribution in [0, 0.1) is 0 Å². The molecule has 1 fully saturated rings. The van der Waals surface area contributed by atoms with Crippen molar-refractivity contribution in [2.24, 2.45) is 0 Å². The molecular formula is C14H20ClNO. The lowest BCUT2D eigenvalue weighted by atomic mass is 9.99. The summed E-state index contributed by atoms with van der Waals surface area (Å²) in [7, 11) is 0. The molecule has 2 rings (SSSR count). The van der Waals surface area contributed by atoms with Crippen LogP contribution in [0.4, 0.5) is 0 Å². The summed E-state index contributed by atoms with van der Waals surface area (Å²) in [5.74, 6) is 1.36. The molecule has 0 bridgehead atoms.